The molecule has 0 saturated heterocycles. The summed E-state index contributed by atoms with van der Waals surface area (Å²) >= 11 is 3.04. The molecule has 0 atom stereocenters. The number of rotatable bonds is 10. The van der Waals surface area contributed by atoms with E-state index in [1.54, 1.807) is 16.2 Å². The van der Waals surface area contributed by atoms with Gasteiger partial charge in [-0.2, -0.15) is 0 Å². The van der Waals surface area contributed by atoms with Gasteiger partial charge in [0, 0.05) is 18.5 Å². The molecule has 0 aromatic carbocycles. The lowest BCUT2D eigenvalue weighted by Crippen LogP contribution is -2.33. The van der Waals surface area contributed by atoms with Crippen molar-refractivity contribution in [2.45, 2.75) is 62.7 Å². The van der Waals surface area contributed by atoms with Crippen molar-refractivity contribution in [2.24, 2.45) is 0 Å². The van der Waals surface area contributed by atoms with Crippen molar-refractivity contribution in [3.63, 3.8) is 0 Å². The lowest BCUT2D eigenvalue weighted by Gasteiger charge is -2.20. The van der Waals surface area contributed by atoms with Crippen LogP contribution >= 0.6 is 23.1 Å². The van der Waals surface area contributed by atoms with Crippen molar-refractivity contribution in [3.05, 3.63) is 29.2 Å². The summed E-state index contributed by atoms with van der Waals surface area (Å²) in [6.07, 6.45) is 5.65. The van der Waals surface area contributed by atoms with E-state index in [1.165, 1.54) is 37.4 Å². The minimum atomic E-state index is 0.0519. The smallest absolute Gasteiger partial charge is 0.257 e. The Bertz CT molecular complexity index is 1010. The average molecular weight is 445 g/mol. The SMILES string of the molecule is CCCN(Cc1nnc(-c2cccs2)o1)C(=O)CSc1nnc(C2CC2)n1C1CC1. The summed E-state index contributed by atoms with van der Waals surface area (Å²) in [6, 6.07) is 4.41. The van der Waals surface area contributed by atoms with Crippen LogP contribution in [0.4, 0.5) is 0 Å². The van der Waals surface area contributed by atoms with Crippen molar-refractivity contribution in [1.29, 1.82) is 0 Å². The molecule has 0 aliphatic heterocycles. The molecule has 0 bridgehead atoms. The van der Waals surface area contributed by atoms with Gasteiger partial charge >= 0.3 is 0 Å². The van der Waals surface area contributed by atoms with Crippen LogP contribution in [0.5, 0.6) is 0 Å². The summed E-state index contributed by atoms with van der Waals surface area (Å²) in [5.41, 5.74) is 0. The van der Waals surface area contributed by atoms with Crippen LogP contribution in [0.1, 0.15) is 62.7 Å². The molecule has 0 N–H and O–H groups in total. The number of carbonyl (C=O) groups excluding carboxylic acids is 1. The highest BCUT2D eigenvalue weighted by Crippen LogP contribution is 2.46. The minimum absolute atomic E-state index is 0.0519. The highest BCUT2D eigenvalue weighted by molar-refractivity contribution is 7.99. The second kappa shape index (κ2) is 8.50. The van der Waals surface area contributed by atoms with Crippen LogP contribution < -0.4 is 0 Å². The van der Waals surface area contributed by atoms with Crippen LogP contribution in [0, 0.1) is 0 Å². The maximum atomic E-state index is 13.0. The number of hydrogen-bond acceptors (Lipinski definition) is 8. The topological polar surface area (TPSA) is 89.9 Å². The summed E-state index contributed by atoms with van der Waals surface area (Å²) in [5, 5.41) is 19.9. The first kappa shape index (κ1) is 19.7. The number of thioether (sulfide) groups is 1. The van der Waals surface area contributed by atoms with Crippen molar-refractivity contribution >= 4 is 29.0 Å². The Morgan fingerprint density at radius 1 is 1.27 bits per heavy atom. The normalized spacial score (nSPS) is 16.2. The van der Waals surface area contributed by atoms with Crippen LogP contribution in [0.25, 0.3) is 10.8 Å². The third-order valence-electron chi connectivity index (χ3n) is 5.24. The van der Waals surface area contributed by atoms with Crippen molar-refractivity contribution in [3.8, 4) is 10.8 Å². The number of carbonyl (C=O) groups is 1. The minimum Gasteiger partial charge on any atom is -0.418 e. The zero-order valence-electron chi connectivity index (χ0n) is 16.9. The van der Waals surface area contributed by atoms with Gasteiger partial charge in [-0.15, -0.1) is 31.7 Å². The first-order valence-electron chi connectivity index (χ1n) is 10.4. The van der Waals surface area contributed by atoms with E-state index in [4.69, 9.17) is 4.42 Å². The Morgan fingerprint density at radius 3 is 2.83 bits per heavy atom. The van der Waals surface area contributed by atoms with Crippen LogP contribution in [0.15, 0.2) is 27.1 Å². The molecular weight excluding hydrogens is 420 g/mol. The number of aromatic nitrogens is 5. The van der Waals surface area contributed by atoms with E-state index >= 15 is 0 Å². The van der Waals surface area contributed by atoms with Gasteiger partial charge in [-0.05, 0) is 43.6 Å². The summed E-state index contributed by atoms with van der Waals surface area (Å²) in [4.78, 5) is 15.7. The zero-order valence-corrected chi connectivity index (χ0v) is 18.5. The van der Waals surface area contributed by atoms with Gasteiger partial charge in [-0.1, -0.05) is 24.8 Å². The molecule has 2 fully saturated rings. The Morgan fingerprint density at radius 2 is 2.13 bits per heavy atom. The van der Waals surface area contributed by atoms with Gasteiger partial charge in [0.05, 0.1) is 17.2 Å². The van der Waals surface area contributed by atoms with Crippen LogP contribution in [-0.4, -0.2) is 48.1 Å². The van der Waals surface area contributed by atoms with Gasteiger partial charge in [0.15, 0.2) is 5.16 Å². The Kier molecular flexibility index (Phi) is 5.60. The summed E-state index contributed by atoms with van der Waals surface area (Å²) in [5.74, 6) is 3.03. The van der Waals surface area contributed by atoms with E-state index in [0.717, 1.165) is 22.3 Å². The first-order chi connectivity index (χ1) is 14.7. The van der Waals surface area contributed by atoms with Crippen molar-refractivity contribution in [2.75, 3.05) is 12.3 Å². The second-order valence-electron chi connectivity index (χ2n) is 7.80. The molecule has 3 heterocycles. The maximum absolute atomic E-state index is 13.0. The highest BCUT2D eigenvalue weighted by atomic mass is 32.2. The van der Waals surface area contributed by atoms with E-state index in [-0.39, 0.29) is 5.91 Å². The average Bonchev–Trinajstić information content (AvgIpc) is 3.61. The number of thiophene rings is 1. The van der Waals surface area contributed by atoms with Gasteiger partial charge in [0.25, 0.3) is 5.89 Å². The lowest BCUT2D eigenvalue weighted by atomic mass is 10.4. The van der Waals surface area contributed by atoms with E-state index in [0.29, 0.717) is 42.6 Å². The Balaban J connectivity index is 1.23. The van der Waals surface area contributed by atoms with Crippen molar-refractivity contribution < 1.29 is 9.21 Å². The highest BCUT2D eigenvalue weighted by Gasteiger charge is 2.36. The summed E-state index contributed by atoms with van der Waals surface area (Å²) < 4.78 is 8.06. The van der Waals surface area contributed by atoms with Gasteiger partial charge in [0.2, 0.25) is 11.8 Å². The van der Waals surface area contributed by atoms with Gasteiger partial charge in [0.1, 0.15) is 5.82 Å². The second-order valence-corrected chi connectivity index (χ2v) is 9.69. The monoisotopic (exact) mass is 444 g/mol. The Labute approximate surface area is 183 Å². The third kappa shape index (κ3) is 4.29. The molecule has 2 saturated carbocycles. The standard InChI is InChI=1S/C20H24N6O2S2/c1-2-9-25(11-16-21-23-19(28-16)15-4-3-10-29-15)17(27)12-30-20-24-22-18(13-5-6-13)26(20)14-7-8-14/h3-4,10,13-14H,2,5-9,11-12H2,1H3. The fourth-order valence-electron chi connectivity index (χ4n) is 3.44. The third-order valence-corrected chi connectivity index (χ3v) is 7.03. The molecule has 1 amide bonds. The molecule has 0 spiro atoms. The summed E-state index contributed by atoms with van der Waals surface area (Å²) in [6.45, 7) is 3.04. The molecule has 8 nitrogen and oxygen atoms in total. The van der Waals surface area contributed by atoms with E-state index in [2.05, 4.69) is 31.9 Å². The van der Waals surface area contributed by atoms with Gasteiger partial charge < -0.3 is 13.9 Å². The van der Waals surface area contributed by atoms with E-state index < -0.39 is 0 Å². The number of amides is 1. The van der Waals surface area contributed by atoms with Gasteiger partial charge in [-0.3, -0.25) is 4.79 Å². The summed E-state index contributed by atoms with van der Waals surface area (Å²) in [7, 11) is 0. The molecule has 0 radical (unpaired) electrons. The fraction of sp³-hybridized carbons (Fsp3) is 0.550. The maximum Gasteiger partial charge on any atom is 0.257 e. The molecule has 0 unspecified atom stereocenters. The predicted octanol–water partition coefficient (Wildman–Crippen LogP) is 4.13. The molecular formula is C20H24N6O2S2. The van der Waals surface area contributed by atoms with E-state index in [1.807, 2.05) is 17.5 Å². The molecule has 2 aliphatic rings. The molecule has 5 rings (SSSR count). The zero-order chi connectivity index (χ0) is 20.5. The molecule has 10 heteroatoms. The van der Waals surface area contributed by atoms with Crippen LogP contribution in [0.2, 0.25) is 0 Å². The molecule has 3 aromatic heterocycles. The Hall–Kier alpha value is -2.20. The number of nitrogens with zero attached hydrogens (tertiary/aromatic N) is 6. The van der Waals surface area contributed by atoms with Gasteiger partial charge in [-0.25, -0.2) is 0 Å². The molecule has 30 heavy (non-hydrogen) atoms. The predicted molar refractivity (Wildman–Crippen MR) is 114 cm³/mol. The molecule has 2 aliphatic carbocycles. The first-order valence-corrected chi connectivity index (χ1v) is 12.3. The van der Waals surface area contributed by atoms with E-state index in [9.17, 15) is 4.79 Å². The van der Waals surface area contributed by atoms with Crippen LogP contribution in [0.3, 0.4) is 0 Å². The lowest BCUT2D eigenvalue weighted by molar-refractivity contribution is -0.129. The molecule has 158 valence electrons. The van der Waals surface area contributed by atoms with Crippen LogP contribution in [-0.2, 0) is 11.3 Å². The van der Waals surface area contributed by atoms with Crippen molar-refractivity contribution in [1.82, 2.24) is 29.9 Å². The quantitative estimate of drug-likeness (QED) is 0.434. The molecule has 3 aromatic rings. The fourth-order valence-corrected chi connectivity index (χ4v) is 5.00. The number of hydrogen-bond donors (Lipinski definition) is 0. The largest absolute Gasteiger partial charge is 0.418 e.